The highest BCUT2D eigenvalue weighted by Gasteiger charge is 1.96. The summed E-state index contributed by atoms with van der Waals surface area (Å²) in [6.07, 6.45) is 2.55. The molecule has 0 radical (unpaired) electrons. The zero-order valence-electron chi connectivity index (χ0n) is 9.12. The molecule has 1 aromatic carbocycles. The first-order valence-corrected chi connectivity index (χ1v) is 5.14. The van der Waals surface area contributed by atoms with Gasteiger partial charge < -0.3 is 5.11 Å². The zero-order chi connectivity index (χ0) is 11.8. The number of aliphatic carboxylic acids is 1. The third kappa shape index (κ3) is 5.23. The van der Waals surface area contributed by atoms with E-state index in [0.29, 0.717) is 5.02 Å². The van der Waals surface area contributed by atoms with Gasteiger partial charge in [0.15, 0.2) is 0 Å². The second-order valence-electron chi connectivity index (χ2n) is 2.70. The molecule has 3 heteroatoms. The Morgan fingerprint density at radius 3 is 2.53 bits per heavy atom. The Hall–Kier alpha value is -1.28. The van der Waals surface area contributed by atoms with Crippen LogP contribution in [0.4, 0.5) is 0 Å². The molecule has 0 unspecified atom stereocenters. The first-order chi connectivity index (χ1) is 7.09. The van der Waals surface area contributed by atoms with Crippen LogP contribution in [0.15, 0.2) is 24.3 Å². The fourth-order valence-electron chi connectivity index (χ4n) is 0.952. The number of hydrogen-bond acceptors (Lipinski definition) is 1. The molecule has 82 valence electrons. The van der Waals surface area contributed by atoms with Gasteiger partial charge in [-0.05, 0) is 24.6 Å². The van der Waals surface area contributed by atoms with Gasteiger partial charge in [-0.1, -0.05) is 43.1 Å². The summed E-state index contributed by atoms with van der Waals surface area (Å²) in [7, 11) is 0. The fraction of sp³-hybridized carbons (Fsp3) is 0.250. The minimum atomic E-state index is -0.974. The highest BCUT2D eigenvalue weighted by molar-refractivity contribution is 6.32. The first-order valence-electron chi connectivity index (χ1n) is 4.77. The van der Waals surface area contributed by atoms with E-state index in [4.69, 9.17) is 16.7 Å². The van der Waals surface area contributed by atoms with Crippen LogP contribution in [0.1, 0.15) is 25.0 Å². The van der Waals surface area contributed by atoms with Gasteiger partial charge in [0.1, 0.15) is 0 Å². The fourth-order valence-corrected chi connectivity index (χ4v) is 1.13. The van der Waals surface area contributed by atoms with Gasteiger partial charge in [0.2, 0.25) is 0 Å². The van der Waals surface area contributed by atoms with E-state index in [0.717, 1.165) is 17.2 Å². The molecule has 0 heterocycles. The van der Waals surface area contributed by atoms with Crippen molar-refractivity contribution in [2.75, 3.05) is 0 Å². The van der Waals surface area contributed by atoms with E-state index in [1.54, 1.807) is 6.07 Å². The van der Waals surface area contributed by atoms with Gasteiger partial charge in [-0.3, -0.25) is 0 Å². The van der Waals surface area contributed by atoms with Crippen molar-refractivity contribution >= 4 is 23.6 Å². The van der Waals surface area contributed by atoms with Gasteiger partial charge in [-0.25, -0.2) is 4.79 Å². The Kier molecular flexibility index (Phi) is 6.47. The molecule has 1 rings (SSSR count). The maximum absolute atomic E-state index is 10.2. The third-order valence-corrected chi connectivity index (χ3v) is 1.90. The number of aryl methyl sites for hydroxylation is 1. The minimum Gasteiger partial charge on any atom is -0.478 e. The minimum absolute atomic E-state index is 0.558. The van der Waals surface area contributed by atoms with Crippen LogP contribution in [0.25, 0.3) is 6.08 Å². The van der Waals surface area contributed by atoms with Crippen molar-refractivity contribution in [3.05, 3.63) is 40.4 Å². The second-order valence-corrected chi connectivity index (χ2v) is 3.10. The summed E-state index contributed by atoms with van der Waals surface area (Å²) in [5, 5.41) is 8.96. The molecule has 0 amide bonds. The van der Waals surface area contributed by atoms with Crippen LogP contribution in [0.5, 0.6) is 0 Å². The smallest absolute Gasteiger partial charge is 0.328 e. The van der Waals surface area contributed by atoms with E-state index in [2.05, 4.69) is 0 Å². The Balaban J connectivity index is 0.000000921. The summed E-state index contributed by atoms with van der Waals surface area (Å²) in [4.78, 5) is 10.2. The normalized spacial score (nSPS) is 9.60. The van der Waals surface area contributed by atoms with Crippen LogP contribution < -0.4 is 0 Å². The maximum Gasteiger partial charge on any atom is 0.328 e. The SMILES string of the molecule is CC.Cc1ccc(Cl)c(/C=C/C(=O)O)c1. The average Bonchev–Trinajstić information content (AvgIpc) is 2.22. The molecule has 2 nitrogen and oxygen atoms in total. The first kappa shape index (κ1) is 13.7. The van der Waals surface area contributed by atoms with Crippen LogP contribution in [-0.2, 0) is 4.79 Å². The molecule has 0 fully saturated rings. The molecule has 0 aliphatic heterocycles. The molecule has 0 saturated heterocycles. The standard InChI is InChI=1S/C10H9ClO2.C2H6/c1-7-2-4-9(11)8(6-7)3-5-10(12)13;1-2/h2-6H,1H3,(H,12,13);1-2H3/b5-3+;. The lowest BCUT2D eigenvalue weighted by atomic mass is 10.1. The molecule has 1 N–H and O–H groups in total. The molecule has 0 saturated carbocycles. The largest absolute Gasteiger partial charge is 0.478 e. The number of carbonyl (C=O) groups is 1. The van der Waals surface area contributed by atoms with Crippen LogP contribution in [0, 0.1) is 6.92 Å². The van der Waals surface area contributed by atoms with Gasteiger partial charge in [0.05, 0.1) is 0 Å². The lowest BCUT2D eigenvalue weighted by Gasteiger charge is -1.98. The van der Waals surface area contributed by atoms with Gasteiger partial charge >= 0.3 is 5.97 Å². The van der Waals surface area contributed by atoms with Crippen LogP contribution in [0.2, 0.25) is 5.02 Å². The Morgan fingerprint density at radius 1 is 1.40 bits per heavy atom. The summed E-state index contributed by atoms with van der Waals surface area (Å²) in [5.41, 5.74) is 1.78. The van der Waals surface area contributed by atoms with Crippen molar-refractivity contribution in [1.29, 1.82) is 0 Å². The molecular weight excluding hydrogens is 212 g/mol. The number of halogens is 1. The van der Waals surface area contributed by atoms with Gasteiger partial charge in [0.25, 0.3) is 0 Å². The molecule has 0 aromatic heterocycles. The highest BCUT2D eigenvalue weighted by atomic mass is 35.5. The molecule has 1 aromatic rings. The van der Waals surface area contributed by atoms with E-state index in [9.17, 15) is 4.79 Å². The summed E-state index contributed by atoms with van der Waals surface area (Å²) < 4.78 is 0. The summed E-state index contributed by atoms with van der Waals surface area (Å²) in [6, 6.07) is 5.46. The lowest BCUT2D eigenvalue weighted by molar-refractivity contribution is -0.131. The van der Waals surface area contributed by atoms with E-state index >= 15 is 0 Å². The maximum atomic E-state index is 10.2. The Morgan fingerprint density at radius 2 is 2.00 bits per heavy atom. The van der Waals surface area contributed by atoms with E-state index in [-0.39, 0.29) is 0 Å². The molecule has 0 spiro atoms. The summed E-state index contributed by atoms with van der Waals surface area (Å²) >= 11 is 5.84. The van der Waals surface area contributed by atoms with Crippen molar-refractivity contribution < 1.29 is 9.90 Å². The van der Waals surface area contributed by atoms with Crippen LogP contribution in [0.3, 0.4) is 0 Å². The monoisotopic (exact) mass is 226 g/mol. The van der Waals surface area contributed by atoms with Gasteiger partial charge in [0, 0.05) is 11.1 Å². The van der Waals surface area contributed by atoms with Crippen molar-refractivity contribution in [3.63, 3.8) is 0 Å². The van der Waals surface area contributed by atoms with Crippen LogP contribution in [-0.4, -0.2) is 11.1 Å². The number of hydrogen-bond donors (Lipinski definition) is 1. The second kappa shape index (κ2) is 7.07. The van der Waals surface area contributed by atoms with Crippen LogP contribution >= 0.6 is 11.6 Å². The van der Waals surface area contributed by atoms with E-state index in [1.165, 1.54) is 6.08 Å². The van der Waals surface area contributed by atoms with E-state index < -0.39 is 5.97 Å². The van der Waals surface area contributed by atoms with Gasteiger partial charge in [-0.15, -0.1) is 0 Å². The lowest BCUT2D eigenvalue weighted by Crippen LogP contribution is -1.86. The van der Waals surface area contributed by atoms with Crippen molar-refractivity contribution in [3.8, 4) is 0 Å². The Labute approximate surface area is 95.2 Å². The predicted molar refractivity (Wildman–Crippen MR) is 64.2 cm³/mol. The molecule has 0 aliphatic rings. The highest BCUT2D eigenvalue weighted by Crippen LogP contribution is 2.18. The van der Waals surface area contributed by atoms with Gasteiger partial charge in [-0.2, -0.15) is 0 Å². The molecule has 0 bridgehead atoms. The number of carboxylic acid groups (broad SMARTS) is 1. The molecule has 15 heavy (non-hydrogen) atoms. The summed E-state index contributed by atoms with van der Waals surface area (Å²) in [6.45, 7) is 5.93. The Bertz CT molecular complexity index is 357. The molecule has 0 atom stereocenters. The number of carboxylic acids is 1. The van der Waals surface area contributed by atoms with Crippen molar-refractivity contribution in [2.45, 2.75) is 20.8 Å². The van der Waals surface area contributed by atoms with E-state index in [1.807, 2.05) is 32.9 Å². The number of benzene rings is 1. The quantitative estimate of drug-likeness (QED) is 0.780. The van der Waals surface area contributed by atoms with Crippen molar-refractivity contribution in [1.82, 2.24) is 0 Å². The zero-order valence-corrected chi connectivity index (χ0v) is 9.88. The third-order valence-electron chi connectivity index (χ3n) is 1.56. The molecular formula is C12H15ClO2. The van der Waals surface area contributed by atoms with Crippen molar-refractivity contribution in [2.24, 2.45) is 0 Å². The number of rotatable bonds is 2. The average molecular weight is 227 g/mol. The predicted octanol–water partition coefficient (Wildman–Crippen LogP) is 3.77. The topological polar surface area (TPSA) is 37.3 Å². The summed E-state index contributed by atoms with van der Waals surface area (Å²) in [5.74, 6) is -0.974. The molecule has 0 aliphatic carbocycles.